The highest BCUT2D eigenvalue weighted by atomic mass is 16.4. The lowest BCUT2D eigenvalue weighted by Gasteiger charge is -2.15. The van der Waals surface area contributed by atoms with Crippen LogP contribution in [0.3, 0.4) is 0 Å². The van der Waals surface area contributed by atoms with Gasteiger partial charge in [0.15, 0.2) is 0 Å². The van der Waals surface area contributed by atoms with Crippen LogP contribution in [0, 0.1) is 0 Å². The van der Waals surface area contributed by atoms with Gasteiger partial charge in [-0.15, -0.1) is 0 Å². The van der Waals surface area contributed by atoms with Crippen molar-refractivity contribution < 1.29 is 9.90 Å². The van der Waals surface area contributed by atoms with Crippen molar-refractivity contribution in [3.8, 4) is 0 Å². The van der Waals surface area contributed by atoms with E-state index in [0.717, 1.165) is 18.5 Å². The predicted octanol–water partition coefficient (Wildman–Crippen LogP) is 2.89. The first kappa shape index (κ1) is 11.8. The zero-order valence-corrected chi connectivity index (χ0v) is 9.87. The average Bonchev–Trinajstić information content (AvgIpc) is 2.48. The second-order valence-corrected chi connectivity index (χ2v) is 4.86. The van der Waals surface area contributed by atoms with E-state index in [1.54, 1.807) is 6.07 Å². The summed E-state index contributed by atoms with van der Waals surface area (Å²) in [6.07, 6.45) is 2.89. The van der Waals surface area contributed by atoms with E-state index >= 15 is 0 Å². The van der Waals surface area contributed by atoms with Gasteiger partial charge >= 0.3 is 5.97 Å². The van der Waals surface area contributed by atoms with Crippen LogP contribution >= 0.6 is 0 Å². The molecule has 0 atom stereocenters. The van der Waals surface area contributed by atoms with E-state index in [1.165, 1.54) is 0 Å². The van der Waals surface area contributed by atoms with E-state index in [4.69, 9.17) is 5.11 Å². The highest BCUT2D eigenvalue weighted by Crippen LogP contribution is 2.24. The Kier molecular flexibility index (Phi) is 3.22. The second-order valence-electron chi connectivity index (χ2n) is 4.86. The number of hydrogen-bond acceptors (Lipinski definition) is 1. The zero-order chi connectivity index (χ0) is 11.6. The van der Waals surface area contributed by atoms with Crippen LogP contribution in [-0.4, -0.2) is 15.6 Å². The van der Waals surface area contributed by atoms with Crippen molar-refractivity contribution in [2.24, 2.45) is 0 Å². The lowest BCUT2D eigenvalue weighted by Crippen LogP contribution is -2.09. The molecule has 3 nitrogen and oxygen atoms in total. The van der Waals surface area contributed by atoms with Crippen molar-refractivity contribution in [3.05, 3.63) is 23.5 Å². The smallest absolute Gasteiger partial charge is 0.352 e. The van der Waals surface area contributed by atoms with Crippen molar-refractivity contribution in [3.63, 3.8) is 0 Å². The number of carboxylic acids is 1. The first-order valence-corrected chi connectivity index (χ1v) is 5.30. The molecule has 0 aromatic carbocycles. The van der Waals surface area contributed by atoms with Crippen LogP contribution in [0.15, 0.2) is 12.3 Å². The Labute approximate surface area is 90.7 Å². The third-order valence-electron chi connectivity index (χ3n) is 2.45. The third kappa shape index (κ3) is 2.61. The number of carboxylic acid groups (broad SMARTS) is 1. The SMILES string of the molecule is CCCn1cc(C(C)(C)C)cc1C(=O)O. The van der Waals surface area contributed by atoms with E-state index in [1.807, 2.05) is 17.7 Å². The minimum absolute atomic E-state index is 0.00317. The lowest BCUT2D eigenvalue weighted by atomic mass is 9.89. The van der Waals surface area contributed by atoms with Crippen molar-refractivity contribution in [1.82, 2.24) is 4.57 Å². The topological polar surface area (TPSA) is 42.2 Å². The molecule has 0 aliphatic heterocycles. The average molecular weight is 209 g/mol. The first-order chi connectivity index (χ1) is 6.86. The molecule has 0 saturated heterocycles. The van der Waals surface area contributed by atoms with Gasteiger partial charge in [-0.05, 0) is 23.5 Å². The minimum atomic E-state index is -0.848. The molecule has 0 fully saturated rings. The van der Waals surface area contributed by atoms with Gasteiger partial charge in [0.1, 0.15) is 5.69 Å². The summed E-state index contributed by atoms with van der Waals surface area (Å²) in [6, 6.07) is 1.78. The van der Waals surface area contributed by atoms with Gasteiger partial charge in [-0.2, -0.15) is 0 Å². The van der Waals surface area contributed by atoms with Crippen LogP contribution in [0.2, 0.25) is 0 Å². The molecule has 0 spiro atoms. The fourth-order valence-electron chi connectivity index (χ4n) is 1.53. The summed E-state index contributed by atoms with van der Waals surface area (Å²) < 4.78 is 1.82. The molecule has 15 heavy (non-hydrogen) atoms. The Bertz CT molecular complexity index is 358. The Balaban J connectivity index is 3.15. The van der Waals surface area contributed by atoms with Gasteiger partial charge in [-0.3, -0.25) is 0 Å². The fourth-order valence-corrected chi connectivity index (χ4v) is 1.53. The van der Waals surface area contributed by atoms with E-state index in [-0.39, 0.29) is 5.41 Å². The summed E-state index contributed by atoms with van der Waals surface area (Å²) in [5.41, 5.74) is 1.47. The van der Waals surface area contributed by atoms with Crippen LogP contribution in [0.4, 0.5) is 0 Å². The number of aromatic nitrogens is 1. The summed E-state index contributed by atoms with van der Waals surface area (Å²) in [4.78, 5) is 11.0. The van der Waals surface area contributed by atoms with E-state index in [2.05, 4.69) is 20.8 Å². The van der Waals surface area contributed by atoms with Crippen LogP contribution in [0.1, 0.15) is 50.2 Å². The Hall–Kier alpha value is -1.25. The fraction of sp³-hybridized carbons (Fsp3) is 0.583. The van der Waals surface area contributed by atoms with Gasteiger partial charge in [0.05, 0.1) is 0 Å². The molecule has 0 aliphatic rings. The van der Waals surface area contributed by atoms with E-state index in [0.29, 0.717) is 5.69 Å². The number of aromatic carboxylic acids is 1. The molecule has 0 aliphatic carbocycles. The highest BCUT2D eigenvalue weighted by molar-refractivity contribution is 5.86. The molecule has 84 valence electrons. The highest BCUT2D eigenvalue weighted by Gasteiger charge is 2.20. The zero-order valence-electron chi connectivity index (χ0n) is 9.87. The monoisotopic (exact) mass is 209 g/mol. The van der Waals surface area contributed by atoms with Crippen LogP contribution in [0.25, 0.3) is 0 Å². The maximum absolute atomic E-state index is 11.0. The van der Waals surface area contributed by atoms with Crippen molar-refractivity contribution in [1.29, 1.82) is 0 Å². The molecule has 1 heterocycles. The van der Waals surface area contributed by atoms with Crippen molar-refractivity contribution in [2.75, 3.05) is 0 Å². The molecule has 0 saturated carbocycles. The number of nitrogens with zero attached hydrogens (tertiary/aromatic N) is 1. The quantitative estimate of drug-likeness (QED) is 0.831. The van der Waals surface area contributed by atoms with E-state index < -0.39 is 5.97 Å². The standard InChI is InChI=1S/C12H19NO2/c1-5-6-13-8-9(12(2,3)4)7-10(13)11(14)15/h7-8H,5-6H2,1-4H3,(H,14,15). The molecule has 1 N–H and O–H groups in total. The van der Waals surface area contributed by atoms with Gasteiger partial charge in [-0.25, -0.2) is 4.79 Å². The van der Waals surface area contributed by atoms with Gasteiger partial charge in [0, 0.05) is 12.7 Å². The summed E-state index contributed by atoms with van der Waals surface area (Å²) in [5, 5.41) is 9.05. The Morgan fingerprint density at radius 3 is 2.47 bits per heavy atom. The second kappa shape index (κ2) is 4.09. The molecular weight excluding hydrogens is 190 g/mol. The molecular formula is C12H19NO2. The van der Waals surface area contributed by atoms with Crippen LogP contribution < -0.4 is 0 Å². The summed E-state index contributed by atoms with van der Waals surface area (Å²) in [7, 11) is 0. The molecule has 1 aromatic rings. The molecule has 0 radical (unpaired) electrons. The number of rotatable bonds is 3. The van der Waals surface area contributed by atoms with Crippen LogP contribution in [0.5, 0.6) is 0 Å². The normalized spacial score (nSPS) is 11.7. The molecule has 1 aromatic heterocycles. The van der Waals surface area contributed by atoms with Crippen LogP contribution in [-0.2, 0) is 12.0 Å². The molecule has 0 bridgehead atoms. The van der Waals surface area contributed by atoms with Gasteiger partial charge in [0.2, 0.25) is 0 Å². The Morgan fingerprint density at radius 1 is 1.47 bits per heavy atom. The minimum Gasteiger partial charge on any atom is -0.477 e. The van der Waals surface area contributed by atoms with Gasteiger partial charge in [0.25, 0.3) is 0 Å². The maximum atomic E-state index is 11.0. The number of hydrogen-bond donors (Lipinski definition) is 1. The largest absolute Gasteiger partial charge is 0.477 e. The first-order valence-electron chi connectivity index (χ1n) is 5.30. The number of carbonyl (C=O) groups is 1. The predicted molar refractivity (Wildman–Crippen MR) is 60.4 cm³/mol. The van der Waals surface area contributed by atoms with Gasteiger partial charge in [-0.1, -0.05) is 27.7 Å². The molecule has 0 unspecified atom stereocenters. The van der Waals surface area contributed by atoms with Crippen molar-refractivity contribution in [2.45, 2.75) is 46.1 Å². The Morgan fingerprint density at radius 2 is 2.07 bits per heavy atom. The van der Waals surface area contributed by atoms with Crippen molar-refractivity contribution >= 4 is 5.97 Å². The maximum Gasteiger partial charge on any atom is 0.352 e. The summed E-state index contributed by atoms with van der Waals surface area (Å²) in [5.74, 6) is -0.848. The lowest BCUT2D eigenvalue weighted by molar-refractivity contribution is 0.0685. The molecule has 1 rings (SSSR count). The third-order valence-corrected chi connectivity index (χ3v) is 2.45. The summed E-state index contributed by atoms with van der Waals surface area (Å²) >= 11 is 0. The molecule has 0 amide bonds. The van der Waals surface area contributed by atoms with Gasteiger partial charge < -0.3 is 9.67 Å². The summed E-state index contributed by atoms with van der Waals surface area (Å²) in [6.45, 7) is 9.07. The van der Waals surface area contributed by atoms with E-state index in [9.17, 15) is 4.79 Å². The molecule has 3 heteroatoms. The number of aryl methyl sites for hydroxylation is 1.